The zero-order valence-electron chi connectivity index (χ0n) is 12.2. The number of nitrogens with one attached hydrogen (secondary N) is 2. The van der Waals surface area contributed by atoms with Crippen LogP contribution in [0.25, 0.3) is 0 Å². The van der Waals surface area contributed by atoms with Gasteiger partial charge in [-0.15, -0.1) is 0 Å². The molecule has 6 nitrogen and oxygen atoms in total. The van der Waals surface area contributed by atoms with Crippen LogP contribution in [0.5, 0.6) is 0 Å². The van der Waals surface area contributed by atoms with Gasteiger partial charge in [-0.3, -0.25) is 4.68 Å². The van der Waals surface area contributed by atoms with E-state index in [4.69, 9.17) is 0 Å². The average Bonchev–Trinajstić information content (AvgIpc) is 2.92. The van der Waals surface area contributed by atoms with Gasteiger partial charge < -0.3 is 15.7 Å². The molecule has 0 aliphatic heterocycles. The highest BCUT2D eigenvalue weighted by Crippen LogP contribution is 2.10. The molecule has 3 N–H and O–H groups in total. The molecule has 2 amide bonds. The summed E-state index contributed by atoms with van der Waals surface area (Å²) >= 11 is 0. The van der Waals surface area contributed by atoms with Crippen LogP contribution in [-0.4, -0.2) is 20.9 Å². The topological polar surface area (TPSA) is 79.2 Å². The Morgan fingerprint density at radius 3 is 2.71 bits per heavy atom. The minimum atomic E-state index is -0.251. The van der Waals surface area contributed by atoms with Gasteiger partial charge in [0.25, 0.3) is 0 Å². The Morgan fingerprint density at radius 2 is 2.10 bits per heavy atom. The lowest BCUT2D eigenvalue weighted by molar-refractivity contribution is 0.237. The van der Waals surface area contributed by atoms with Crippen molar-refractivity contribution in [2.24, 2.45) is 7.05 Å². The Bertz CT molecular complexity index is 609. The number of nitrogens with zero attached hydrogens (tertiary/aromatic N) is 2. The molecular formula is C15H20N4O2. The molecule has 2 rings (SSSR count). The molecule has 21 heavy (non-hydrogen) atoms. The summed E-state index contributed by atoms with van der Waals surface area (Å²) in [7, 11) is 1.84. The summed E-state index contributed by atoms with van der Waals surface area (Å²) in [5.41, 5.74) is 2.67. The van der Waals surface area contributed by atoms with E-state index >= 15 is 0 Å². The molecule has 0 saturated carbocycles. The molecule has 0 radical (unpaired) electrons. The van der Waals surface area contributed by atoms with Crippen LogP contribution in [-0.2, 0) is 20.2 Å². The number of amides is 2. The van der Waals surface area contributed by atoms with Crippen molar-refractivity contribution in [2.45, 2.75) is 26.1 Å². The van der Waals surface area contributed by atoms with Crippen molar-refractivity contribution in [1.82, 2.24) is 20.4 Å². The van der Waals surface area contributed by atoms with E-state index in [0.717, 1.165) is 16.7 Å². The number of urea groups is 1. The number of carbonyl (C=O) groups is 1. The number of benzene rings is 1. The van der Waals surface area contributed by atoms with E-state index in [2.05, 4.69) is 15.7 Å². The van der Waals surface area contributed by atoms with Gasteiger partial charge >= 0.3 is 6.03 Å². The van der Waals surface area contributed by atoms with Crippen LogP contribution in [0.15, 0.2) is 36.7 Å². The lowest BCUT2D eigenvalue weighted by Gasteiger charge is -2.14. The Morgan fingerprint density at radius 1 is 1.38 bits per heavy atom. The van der Waals surface area contributed by atoms with E-state index in [0.29, 0.717) is 6.54 Å². The summed E-state index contributed by atoms with van der Waals surface area (Å²) in [6.45, 7) is 2.24. The molecule has 0 saturated heterocycles. The molecule has 112 valence electrons. The van der Waals surface area contributed by atoms with Gasteiger partial charge in [0.1, 0.15) is 0 Å². The second-order valence-electron chi connectivity index (χ2n) is 4.92. The third kappa shape index (κ3) is 4.06. The van der Waals surface area contributed by atoms with Crippen molar-refractivity contribution in [3.63, 3.8) is 0 Å². The third-order valence-corrected chi connectivity index (χ3v) is 3.30. The second kappa shape index (κ2) is 6.90. The zero-order valence-corrected chi connectivity index (χ0v) is 12.2. The van der Waals surface area contributed by atoms with E-state index in [9.17, 15) is 9.90 Å². The van der Waals surface area contributed by atoms with E-state index in [1.165, 1.54) is 0 Å². The summed E-state index contributed by atoms with van der Waals surface area (Å²) in [4.78, 5) is 11.9. The van der Waals surface area contributed by atoms with Crippen LogP contribution in [0.4, 0.5) is 4.79 Å². The molecule has 0 aliphatic rings. The number of aliphatic hydroxyl groups is 1. The molecule has 0 aliphatic carbocycles. The van der Waals surface area contributed by atoms with Crippen LogP contribution in [0, 0.1) is 0 Å². The van der Waals surface area contributed by atoms with Gasteiger partial charge in [-0.25, -0.2) is 4.79 Å². The van der Waals surface area contributed by atoms with Gasteiger partial charge in [0, 0.05) is 25.4 Å². The standard InChI is InChI=1S/C15H20N4O2/c1-11(14-8-17-19(2)9-14)18-15(21)16-7-12-5-3-4-6-13(12)10-20/h3-6,8-9,11,20H,7,10H2,1-2H3,(H2,16,18,21)/t11-/m0/s1. The Labute approximate surface area is 123 Å². The van der Waals surface area contributed by atoms with Gasteiger partial charge in [0.15, 0.2) is 0 Å². The van der Waals surface area contributed by atoms with Crippen molar-refractivity contribution in [3.05, 3.63) is 53.3 Å². The molecule has 1 aromatic heterocycles. The largest absolute Gasteiger partial charge is 0.392 e. The number of rotatable bonds is 5. The highest BCUT2D eigenvalue weighted by molar-refractivity contribution is 5.74. The predicted molar refractivity (Wildman–Crippen MR) is 79.4 cm³/mol. The summed E-state index contributed by atoms with van der Waals surface area (Å²) < 4.78 is 1.70. The quantitative estimate of drug-likeness (QED) is 0.779. The molecule has 1 heterocycles. The van der Waals surface area contributed by atoms with Crippen LogP contribution in [0.1, 0.15) is 29.7 Å². The van der Waals surface area contributed by atoms with Crippen molar-refractivity contribution < 1.29 is 9.90 Å². The van der Waals surface area contributed by atoms with E-state index in [-0.39, 0.29) is 18.7 Å². The highest BCUT2D eigenvalue weighted by Gasteiger charge is 2.11. The molecule has 0 unspecified atom stereocenters. The van der Waals surface area contributed by atoms with E-state index < -0.39 is 0 Å². The number of aromatic nitrogens is 2. The number of hydrogen-bond donors (Lipinski definition) is 3. The summed E-state index contributed by atoms with van der Waals surface area (Å²) in [6, 6.07) is 7.10. The molecule has 6 heteroatoms. The maximum Gasteiger partial charge on any atom is 0.315 e. The highest BCUT2D eigenvalue weighted by atomic mass is 16.3. The molecule has 0 fully saturated rings. The number of aliphatic hydroxyl groups excluding tert-OH is 1. The van der Waals surface area contributed by atoms with Crippen molar-refractivity contribution in [3.8, 4) is 0 Å². The molecule has 0 spiro atoms. The lowest BCUT2D eigenvalue weighted by atomic mass is 10.1. The fraction of sp³-hybridized carbons (Fsp3) is 0.333. The fourth-order valence-corrected chi connectivity index (χ4v) is 2.05. The maximum absolute atomic E-state index is 11.9. The Kier molecular flexibility index (Phi) is 4.94. The van der Waals surface area contributed by atoms with Crippen LogP contribution in [0.3, 0.4) is 0 Å². The van der Waals surface area contributed by atoms with Gasteiger partial charge in [-0.2, -0.15) is 5.10 Å². The third-order valence-electron chi connectivity index (χ3n) is 3.30. The molecule has 1 aromatic carbocycles. The first-order chi connectivity index (χ1) is 10.1. The monoisotopic (exact) mass is 288 g/mol. The molecule has 2 aromatic rings. The first-order valence-corrected chi connectivity index (χ1v) is 6.80. The minimum absolute atomic E-state index is 0.0362. The van der Waals surface area contributed by atoms with E-state index in [1.807, 2.05) is 44.4 Å². The second-order valence-corrected chi connectivity index (χ2v) is 4.92. The van der Waals surface area contributed by atoms with Gasteiger partial charge in [0.05, 0.1) is 18.8 Å². The average molecular weight is 288 g/mol. The van der Waals surface area contributed by atoms with Gasteiger partial charge in [-0.1, -0.05) is 24.3 Å². The number of aryl methyl sites for hydroxylation is 1. The zero-order chi connectivity index (χ0) is 15.2. The smallest absolute Gasteiger partial charge is 0.315 e. The van der Waals surface area contributed by atoms with E-state index in [1.54, 1.807) is 10.9 Å². The number of hydrogen-bond acceptors (Lipinski definition) is 3. The van der Waals surface area contributed by atoms with Crippen LogP contribution >= 0.6 is 0 Å². The fourth-order valence-electron chi connectivity index (χ4n) is 2.05. The van der Waals surface area contributed by atoms with Crippen LogP contribution < -0.4 is 10.6 Å². The first kappa shape index (κ1) is 15.1. The summed E-state index contributed by atoms with van der Waals surface area (Å²) in [6.07, 6.45) is 3.60. The molecule has 1 atom stereocenters. The summed E-state index contributed by atoms with van der Waals surface area (Å²) in [5, 5.41) is 19.0. The van der Waals surface area contributed by atoms with Gasteiger partial charge in [-0.05, 0) is 18.1 Å². The SMILES string of the molecule is C[C@H](NC(=O)NCc1ccccc1CO)c1cnn(C)c1. The van der Waals surface area contributed by atoms with Crippen LogP contribution in [0.2, 0.25) is 0 Å². The lowest BCUT2D eigenvalue weighted by Crippen LogP contribution is -2.36. The first-order valence-electron chi connectivity index (χ1n) is 6.80. The van der Waals surface area contributed by atoms with Crippen molar-refractivity contribution in [1.29, 1.82) is 0 Å². The molecule has 0 bridgehead atoms. The van der Waals surface area contributed by atoms with Crippen molar-refractivity contribution in [2.75, 3.05) is 0 Å². The van der Waals surface area contributed by atoms with Crippen molar-refractivity contribution >= 4 is 6.03 Å². The molecular weight excluding hydrogens is 268 g/mol. The normalized spacial score (nSPS) is 12.0. The Balaban J connectivity index is 1.87. The van der Waals surface area contributed by atoms with Gasteiger partial charge in [0.2, 0.25) is 0 Å². The minimum Gasteiger partial charge on any atom is -0.392 e. The number of carbonyl (C=O) groups excluding carboxylic acids is 1. The maximum atomic E-state index is 11.9. The summed E-state index contributed by atoms with van der Waals surface area (Å²) in [5.74, 6) is 0. The predicted octanol–water partition coefficient (Wildman–Crippen LogP) is 1.47. The Hall–Kier alpha value is -2.34.